The van der Waals surface area contributed by atoms with Crippen LogP contribution in [0.15, 0.2) is 59.4 Å². The summed E-state index contributed by atoms with van der Waals surface area (Å²) in [7, 11) is 2.86. The molecule has 1 rings (SSSR count). The van der Waals surface area contributed by atoms with E-state index in [1.165, 1.54) is 20.3 Å². The van der Waals surface area contributed by atoms with Gasteiger partial charge in [0.15, 0.2) is 5.78 Å². The third-order valence-corrected chi connectivity index (χ3v) is 8.20. The average molecular weight is 591 g/mol. The van der Waals surface area contributed by atoms with E-state index in [9.17, 15) is 24.9 Å². The van der Waals surface area contributed by atoms with Crippen molar-refractivity contribution in [1.82, 2.24) is 0 Å². The smallest absolute Gasteiger partial charge is 0.373 e. The molecule has 42 heavy (non-hydrogen) atoms. The van der Waals surface area contributed by atoms with Gasteiger partial charge in [0.2, 0.25) is 5.76 Å². The topological polar surface area (TPSA) is 123 Å². The lowest BCUT2D eigenvalue weighted by Gasteiger charge is -2.33. The fraction of sp³-hybridized carbons (Fsp3) is 0.647. The number of allylic oxidation sites excluding steroid dienone is 6. The molecule has 0 amide bonds. The van der Waals surface area contributed by atoms with Crippen molar-refractivity contribution < 1.29 is 39.1 Å². The van der Waals surface area contributed by atoms with E-state index in [0.717, 1.165) is 11.1 Å². The van der Waals surface area contributed by atoms with Gasteiger partial charge in [-0.05, 0) is 44.8 Å². The van der Waals surface area contributed by atoms with E-state index in [2.05, 4.69) is 0 Å². The predicted octanol–water partition coefficient (Wildman–Crippen LogP) is 5.09. The molecule has 1 aliphatic heterocycles. The molecule has 0 aromatic rings. The number of esters is 1. The first kappa shape index (κ1) is 37.5. The molecule has 0 aromatic heterocycles. The first-order valence-electron chi connectivity index (χ1n) is 15.0. The molecule has 0 unspecified atom stereocenters. The fourth-order valence-corrected chi connectivity index (χ4v) is 5.21. The Bertz CT molecular complexity index is 1020. The summed E-state index contributed by atoms with van der Waals surface area (Å²) in [4.78, 5) is 26.3. The van der Waals surface area contributed by atoms with E-state index in [1.807, 2.05) is 59.8 Å². The van der Waals surface area contributed by atoms with Gasteiger partial charge >= 0.3 is 5.97 Å². The maximum absolute atomic E-state index is 13.3. The summed E-state index contributed by atoms with van der Waals surface area (Å²) in [5.74, 6) is -2.96. The predicted molar refractivity (Wildman–Crippen MR) is 165 cm³/mol. The molecule has 0 radical (unpaired) electrons. The lowest BCUT2D eigenvalue weighted by atomic mass is 9.84. The lowest BCUT2D eigenvalue weighted by molar-refractivity contribution is -0.162. The minimum Gasteiger partial charge on any atom is -0.490 e. The van der Waals surface area contributed by atoms with Crippen molar-refractivity contribution in [1.29, 1.82) is 0 Å². The Morgan fingerprint density at radius 2 is 1.81 bits per heavy atom. The van der Waals surface area contributed by atoms with Crippen molar-refractivity contribution in [3.8, 4) is 0 Å². The van der Waals surface area contributed by atoms with E-state index < -0.39 is 48.3 Å². The van der Waals surface area contributed by atoms with Crippen molar-refractivity contribution >= 4 is 11.8 Å². The van der Waals surface area contributed by atoms with Gasteiger partial charge in [0.05, 0.1) is 25.4 Å². The quantitative estimate of drug-likeness (QED) is 0.237. The van der Waals surface area contributed by atoms with Gasteiger partial charge < -0.3 is 29.5 Å². The first-order chi connectivity index (χ1) is 19.7. The zero-order chi connectivity index (χ0) is 32.1. The number of methoxy groups -OCH3 is 2. The highest BCUT2D eigenvalue weighted by Crippen LogP contribution is 2.27. The van der Waals surface area contributed by atoms with Gasteiger partial charge in [0.1, 0.15) is 12.2 Å². The third-order valence-electron chi connectivity index (χ3n) is 8.20. The van der Waals surface area contributed by atoms with Crippen molar-refractivity contribution in [2.75, 3.05) is 14.2 Å². The van der Waals surface area contributed by atoms with Crippen LogP contribution in [0, 0.1) is 29.6 Å². The van der Waals surface area contributed by atoms with Gasteiger partial charge in [-0.25, -0.2) is 4.79 Å². The number of carbonyl (C=O) groups excluding carboxylic acids is 2. The van der Waals surface area contributed by atoms with Crippen molar-refractivity contribution in [2.45, 2.75) is 98.8 Å². The Hall–Kier alpha value is -2.52. The van der Waals surface area contributed by atoms with Gasteiger partial charge in [-0.1, -0.05) is 83.1 Å². The fourth-order valence-electron chi connectivity index (χ4n) is 5.21. The zero-order valence-corrected chi connectivity index (χ0v) is 27.1. The number of hydrogen-bond donors (Lipinski definition) is 3. The normalized spacial score (nSPS) is 33.0. The van der Waals surface area contributed by atoms with Crippen LogP contribution in [0.2, 0.25) is 0 Å². The molecule has 1 heterocycles. The van der Waals surface area contributed by atoms with E-state index in [0.29, 0.717) is 12.8 Å². The first-order valence-corrected chi connectivity index (χ1v) is 15.0. The van der Waals surface area contributed by atoms with Crippen LogP contribution in [0.25, 0.3) is 0 Å². The maximum atomic E-state index is 13.3. The Morgan fingerprint density at radius 3 is 2.38 bits per heavy atom. The number of ether oxygens (including phenoxy) is 3. The van der Waals surface area contributed by atoms with Crippen LogP contribution in [0.5, 0.6) is 0 Å². The van der Waals surface area contributed by atoms with Gasteiger partial charge in [-0.2, -0.15) is 0 Å². The molecular weight excluding hydrogens is 536 g/mol. The number of carbonyl (C=O) groups is 2. The molecule has 238 valence electrons. The molecule has 0 spiro atoms. The molecule has 8 heteroatoms. The minimum absolute atomic E-state index is 0.000107. The van der Waals surface area contributed by atoms with Crippen molar-refractivity contribution in [3.05, 3.63) is 59.4 Å². The standard InChI is InChI=1S/C34H54O8/c1-11-27(35)22(4)15-16-28(36)25(7)32(38)26(8)33-29(40-9)14-12-13-20(2)17-23(5)31(37)24(6)18-21(3)19-30(41-10)34(39)42-33/h12-16,18-19,22-27,29,31-33,35,37-38H,11,17H2,1-10H3/b14-12+,16-15+,20-13-,21-18-,30-19+/t22-,23-,24+,25+,26-,27+,29+,31-,32-,33+/m1/s1. The van der Waals surface area contributed by atoms with E-state index in [-0.39, 0.29) is 29.3 Å². The molecule has 8 nitrogen and oxygen atoms in total. The summed E-state index contributed by atoms with van der Waals surface area (Å²) in [5, 5.41) is 32.2. The van der Waals surface area contributed by atoms with Crippen LogP contribution in [0.4, 0.5) is 0 Å². The van der Waals surface area contributed by atoms with Crippen LogP contribution in [-0.4, -0.2) is 71.8 Å². The van der Waals surface area contributed by atoms with Gasteiger partial charge in [0, 0.05) is 30.8 Å². The van der Waals surface area contributed by atoms with Crippen LogP contribution in [-0.2, 0) is 23.8 Å². The average Bonchev–Trinajstić information content (AvgIpc) is 2.96. The molecule has 0 aliphatic carbocycles. The summed E-state index contributed by atoms with van der Waals surface area (Å²) in [6, 6.07) is 0. The van der Waals surface area contributed by atoms with Crippen LogP contribution in [0.1, 0.15) is 68.2 Å². The highest BCUT2D eigenvalue weighted by Gasteiger charge is 2.38. The highest BCUT2D eigenvalue weighted by molar-refractivity contribution is 5.92. The van der Waals surface area contributed by atoms with Crippen LogP contribution < -0.4 is 0 Å². The second-order valence-electron chi connectivity index (χ2n) is 11.9. The molecule has 0 aromatic carbocycles. The van der Waals surface area contributed by atoms with Gasteiger partial charge in [-0.3, -0.25) is 4.79 Å². The monoisotopic (exact) mass is 590 g/mol. The molecule has 0 saturated heterocycles. The van der Waals surface area contributed by atoms with Crippen LogP contribution >= 0.6 is 0 Å². The molecule has 0 saturated carbocycles. The number of rotatable bonds is 10. The molecular formula is C34H54O8. The summed E-state index contributed by atoms with van der Waals surface area (Å²) >= 11 is 0. The summed E-state index contributed by atoms with van der Waals surface area (Å²) in [6.07, 6.45) is 9.24. The summed E-state index contributed by atoms with van der Waals surface area (Å²) in [6.45, 7) is 14.8. The van der Waals surface area contributed by atoms with Crippen LogP contribution in [0.3, 0.4) is 0 Å². The van der Waals surface area contributed by atoms with E-state index >= 15 is 0 Å². The van der Waals surface area contributed by atoms with Gasteiger partial charge in [0.25, 0.3) is 0 Å². The summed E-state index contributed by atoms with van der Waals surface area (Å²) < 4.78 is 17.0. The Labute approximate surface area is 252 Å². The van der Waals surface area contributed by atoms with Crippen molar-refractivity contribution in [2.24, 2.45) is 29.6 Å². The molecule has 3 N–H and O–H groups in total. The minimum atomic E-state index is -1.17. The van der Waals surface area contributed by atoms with Crippen molar-refractivity contribution in [3.63, 3.8) is 0 Å². The highest BCUT2D eigenvalue weighted by atomic mass is 16.6. The van der Waals surface area contributed by atoms with E-state index in [1.54, 1.807) is 32.1 Å². The Balaban J connectivity index is 3.47. The second-order valence-corrected chi connectivity index (χ2v) is 11.9. The largest absolute Gasteiger partial charge is 0.490 e. The number of aliphatic hydroxyl groups excluding tert-OH is 3. The third kappa shape index (κ3) is 11.3. The number of aliphatic hydroxyl groups is 3. The number of ketones is 1. The number of cyclic esters (lactones) is 1. The molecule has 10 atom stereocenters. The van der Waals surface area contributed by atoms with E-state index in [4.69, 9.17) is 14.2 Å². The SMILES string of the molecule is CC[C@H](O)[C@H](C)/C=C/C(=O)[C@H](C)[C@@H](O)[C@@H](C)[C@@H]1OC(=O)/C(OC)=C\C(C)=C/[C@H](C)[C@H](O)[C@H](C)C/C(C)=C\C=C\[C@@H]1OC. The second kappa shape index (κ2) is 18.2. The molecule has 0 fully saturated rings. The number of hydrogen-bond acceptors (Lipinski definition) is 8. The summed E-state index contributed by atoms with van der Waals surface area (Å²) in [5.41, 5.74) is 1.78. The Kier molecular flexibility index (Phi) is 16.3. The molecule has 1 aliphatic rings. The molecule has 0 bridgehead atoms. The maximum Gasteiger partial charge on any atom is 0.373 e. The Morgan fingerprint density at radius 1 is 1.17 bits per heavy atom. The van der Waals surface area contributed by atoms with Gasteiger partial charge in [-0.15, -0.1) is 0 Å². The lowest BCUT2D eigenvalue weighted by Crippen LogP contribution is -2.45. The zero-order valence-electron chi connectivity index (χ0n) is 27.1.